The second-order valence-corrected chi connectivity index (χ2v) is 5.69. The Balaban J connectivity index is 3.92. The van der Waals surface area contributed by atoms with Gasteiger partial charge in [-0.15, -0.1) is 0 Å². The predicted molar refractivity (Wildman–Crippen MR) is 78.7 cm³/mol. The van der Waals surface area contributed by atoms with Crippen molar-refractivity contribution in [2.45, 2.75) is 97.2 Å². The van der Waals surface area contributed by atoms with Gasteiger partial charge in [0.05, 0.1) is 12.2 Å². The van der Waals surface area contributed by atoms with Crippen molar-refractivity contribution in [1.29, 1.82) is 0 Å². The SMILES string of the molecule is CCCCCCC(CCCCCC)[C@@H](O)[C@@H](C)O. The topological polar surface area (TPSA) is 40.5 Å². The zero-order chi connectivity index (χ0) is 13.8. The first-order valence-electron chi connectivity index (χ1n) is 7.99. The molecule has 0 saturated heterocycles. The molecule has 0 saturated carbocycles. The molecule has 18 heavy (non-hydrogen) atoms. The Morgan fingerprint density at radius 1 is 0.722 bits per heavy atom. The molecule has 0 fully saturated rings. The van der Waals surface area contributed by atoms with Gasteiger partial charge in [-0.2, -0.15) is 0 Å². The summed E-state index contributed by atoms with van der Waals surface area (Å²) in [6.07, 6.45) is 11.0. The standard InChI is InChI=1S/C16H34O2/c1-4-6-8-10-12-15(16(18)14(3)17)13-11-9-7-5-2/h14-18H,4-13H2,1-3H3/t14-,16+/m1/s1. The first-order chi connectivity index (χ1) is 8.63. The van der Waals surface area contributed by atoms with Gasteiger partial charge in [-0.25, -0.2) is 0 Å². The minimum absolute atomic E-state index is 0.290. The second kappa shape index (κ2) is 12.0. The Bertz CT molecular complexity index is 156. The molecule has 0 bridgehead atoms. The summed E-state index contributed by atoms with van der Waals surface area (Å²) in [6.45, 7) is 6.13. The van der Waals surface area contributed by atoms with Gasteiger partial charge in [-0.05, 0) is 25.7 Å². The summed E-state index contributed by atoms with van der Waals surface area (Å²) in [6, 6.07) is 0. The first-order valence-corrected chi connectivity index (χ1v) is 7.99. The molecule has 0 aliphatic heterocycles. The fourth-order valence-corrected chi connectivity index (χ4v) is 2.55. The van der Waals surface area contributed by atoms with Gasteiger partial charge in [0.25, 0.3) is 0 Å². The molecular formula is C16H34O2. The molecule has 0 unspecified atom stereocenters. The van der Waals surface area contributed by atoms with Crippen LogP contribution in [0.2, 0.25) is 0 Å². The van der Waals surface area contributed by atoms with E-state index in [0.29, 0.717) is 5.92 Å². The smallest absolute Gasteiger partial charge is 0.0824 e. The van der Waals surface area contributed by atoms with Crippen LogP contribution in [-0.4, -0.2) is 22.4 Å². The lowest BCUT2D eigenvalue weighted by Gasteiger charge is -2.25. The van der Waals surface area contributed by atoms with Crippen molar-refractivity contribution in [3.63, 3.8) is 0 Å². The van der Waals surface area contributed by atoms with Gasteiger partial charge in [-0.3, -0.25) is 0 Å². The molecule has 0 heterocycles. The normalized spacial score (nSPS) is 15.0. The van der Waals surface area contributed by atoms with Crippen LogP contribution in [0.3, 0.4) is 0 Å². The minimum Gasteiger partial charge on any atom is -0.391 e. The van der Waals surface area contributed by atoms with Gasteiger partial charge >= 0.3 is 0 Å². The van der Waals surface area contributed by atoms with Crippen LogP contribution < -0.4 is 0 Å². The van der Waals surface area contributed by atoms with E-state index in [2.05, 4.69) is 13.8 Å². The van der Waals surface area contributed by atoms with E-state index in [9.17, 15) is 10.2 Å². The quantitative estimate of drug-likeness (QED) is 0.513. The highest BCUT2D eigenvalue weighted by molar-refractivity contribution is 4.73. The maximum atomic E-state index is 10.0. The van der Waals surface area contributed by atoms with Crippen LogP contribution in [0, 0.1) is 5.92 Å². The molecule has 0 aromatic rings. The number of unbranched alkanes of at least 4 members (excludes halogenated alkanes) is 6. The largest absolute Gasteiger partial charge is 0.391 e. The first kappa shape index (κ1) is 17.9. The lowest BCUT2D eigenvalue weighted by Crippen LogP contribution is -2.31. The highest BCUT2D eigenvalue weighted by Gasteiger charge is 2.22. The third-order valence-electron chi connectivity index (χ3n) is 3.83. The minimum atomic E-state index is -0.590. The van der Waals surface area contributed by atoms with E-state index in [4.69, 9.17) is 0 Å². The number of aliphatic hydroxyl groups is 2. The Morgan fingerprint density at radius 3 is 1.50 bits per heavy atom. The maximum Gasteiger partial charge on any atom is 0.0824 e. The van der Waals surface area contributed by atoms with Crippen LogP contribution >= 0.6 is 0 Å². The third-order valence-corrected chi connectivity index (χ3v) is 3.83. The number of hydrogen-bond donors (Lipinski definition) is 2. The van der Waals surface area contributed by atoms with Crippen molar-refractivity contribution in [2.24, 2.45) is 5.92 Å². The zero-order valence-electron chi connectivity index (χ0n) is 12.7. The van der Waals surface area contributed by atoms with Crippen LogP contribution in [-0.2, 0) is 0 Å². The van der Waals surface area contributed by atoms with E-state index in [0.717, 1.165) is 12.8 Å². The summed E-state index contributed by atoms with van der Waals surface area (Å²) in [5, 5.41) is 19.6. The van der Waals surface area contributed by atoms with Crippen molar-refractivity contribution in [1.82, 2.24) is 0 Å². The van der Waals surface area contributed by atoms with Crippen molar-refractivity contribution in [2.75, 3.05) is 0 Å². The van der Waals surface area contributed by atoms with E-state index in [1.165, 1.54) is 51.4 Å². The van der Waals surface area contributed by atoms with E-state index in [-0.39, 0.29) is 0 Å². The molecule has 2 atom stereocenters. The van der Waals surface area contributed by atoms with Gasteiger partial charge in [0, 0.05) is 0 Å². The van der Waals surface area contributed by atoms with E-state index in [1.807, 2.05) is 0 Å². The molecule has 0 spiro atoms. The van der Waals surface area contributed by atoms with Gasteiger partial charge in [0.2, 0.25) is 0 Å². The Hall–Kier alpha value is -0.0800. The predicted octanol–water partition coefficient (Wildman–Crippen LogP) is 4.29. The molecule has 0 radical (unpaired) electrons. The number of rotatable bonds is 12. The van der Waals surface area contributed by atoms with Gasteiger partial charge in [0.15, 0.2) is 0 Å². The summed E-state index contributed by atoms with van der Waals surface area (Å²) in [7, 11) is 0. The van der Waals surface area contributed by atoms with E-state index >= 15 is 0 Å². The average molecular weight is 258 g/mol. The highest BCUT2D eigenvalue weighted by atomic mass is 16.3. The van der Waals surface area contributed by atoms with Crippen LogP contribution in [0.4, 0.5) is 0 Å². The molecule has 2 heteroatoms. The molecule has 0 aliphatic rings. The average Bonchev–Trinajstić information content (AvgIpc) is 2.36. The van der Waals surface area contributed by atoms with Crippen molar-refractivity contribution in [3.05, 3.63) is 0 Å². The summed E-state index contributed by atoms with van der Waals surface area (Å²) < 4.78 is 0. The third kappa shape index (κ3) is 8.93. The maximum absolute atomic E-state index is 10.0. The summed E-state index contributed by atoms with van der Waals surface area (Å²) in [4.78, 5) is 0. The van der Waals surface area contributed by atoms with E-state index < -0.39 is 12.2 Å². The highest BCUT2D eigenvalue weighted by Crippen LogP contribution is 2.23. The molecule has 2 nitrogen and oxygen atoms in total. The van der Waals surface area contributed by atoms with Crippen molar-refractivity contribution >= 4 is 0 Å². The van der Waals surface area contributed by atoms with Crippen LogP contribution in [0.1, 0.15) is 85.0 Å². The van der Waals surface area contributed by atoms with E-state index in [1.54, 1.807) is 6.92 Å². The molecule has 2 N–H and O–H groups in total. The molecule has 0 rings (SSSR count). The summed E-state index contributed by atoms with van der Waals surface area (Å²) >= 11 is 0. The monoisotopic (exact) mass is 258 g/mol. The lowest BCUT2D eigenvalue weighted by molar-refractivity contribution is -0.0134. The summed E-state index contributed by atoms with van der Waals surface area (Å²) in [5.41, 5.74) is 0. The van der Waals surface area contributed by atoms with Crippen molar-refractivity contribution < 1.29 is 10.2 Å². The Morgan fingerprint density at radius 2 is 1.17 bits per heavy atom. The van der Waals surface area contributed by atoms with Crippen molar-refractivity contribution in [3.8, 4) is 0 Å². The fraction of sp³-hybridized carbons (Fsp3) is 1.00. The molecule has 0 aromatic carbocycles. The van der Waals surface area contributed by atoms with Gasteiger partial charge in [-0.1, -0.05) is 65.2 Å². The molecule has 0 amide bonds. The fourth-order valence-electron chi connectivity index (χ4n) is 2.55. The number of aliphatic hydroxyl groups excluding tert-OH is 2. The summed E-state index contributed by atoms with van der Waals surface area (Å²) in [5.74, 6) is 0.290. The Labute approximate surface area is 114 Å². The molecule has 0 aromatic heterocycles. The zero-order valence-corrected chi connectivity index (χ0v) is 12.7. The van der Waals surface area contributed by atoms with Gasteiger partial charge in [0.1, 0.15) is 0 Å². The molecular weight excluding hydrogens is 224 g/mol. The molecule has 0 aliphatic carbocycles. The van der Waals surface area contributed by atoms with Crippen LogP contribution in [0.25, 0.3) is 0 Å². The number of hydrogen-bond acceptors (Lipinski definition) is 2. The molecule has 110 valence electrons. The van der Waals surface area contributed by atoms with Crippen LogP contribution in [0.15, 0.2) is 0 Å². The second-order valence-electron chi connectivity index (χ2n) is 5.69. The van der Waals surface area contributed by atoms with Crippen LogP contribution in [0.5, 0.6) is 0 Å². The van der Waals surface area contributed by atoms with Gasteiger partial charge < -0.3 is 10.2 Å². The Kier molecular flexibility index (Phi) is 11.9. The lowest BCUT2D eigenvalue weighted by atomic mass is 9.87.